The maximum absolute atomic E-state index is 11.5. The molecule has 0 aliphatic carbocycles. The van der Waals surface area contributed by atoms with Crippen LogP contribution in [-0.4, -0.2) is 65.7 Å². The minimum Gasteiger partial charge on any atom is -0.497 e. The predicted octanol–water partition coefficient (Wildman–Crippen LogP) is 1.43. The fourth-order valence-corrected chi connectivity index (χ4v) is 3.25. The second-order valence-electron chi connectivity index (χ2n) is 7.20. The van der Waals surface area contributed by atoms with Gasteiger partial charge in [-0.2, -0.15) is 0 Å². The van der Waals surface area contributed by atoms with Crippen LogP contribution in [0, 0.1) is 0 Å². The Kier molecular flexibility index (Phi) is 7.37. The lowest BCUT2D eigenvalue weighted by molar-refractivity contribution is -0.278. The normalized spacial score (nSPS) is 26.1. The fraction of sp³-hybridized carbons (Fsp3) is 0.435. The molecule has 0 spiro atoms. The van der Waals surface area contributed by atoms with Gasteiger partial charge in [0.2, 0.25) is 6.29 Å². The maximum atomic E-state index is 11.5. The van der Waals surface area contributed by atoms with Gasteiger partial charge in [-0.15, -0.1) is 0 Å². The van der Waals surface area contributed by atoms with Crippen LogP contribution in [0.2, 0.25) is 0 Å². The molecule has 31 heavy (non-hydrogen) atoms. The number of para-hydroxylation sites is 1. The van der Waals surface area contributed by atoms with Crippen molar-refractivity contribution < 1.29 is 40.4 Å². The number of hydrogen-bond donors (Lipinski definition) is 3. The van der Waals surface area contributed by atoms with Crippen molar-refractivity contribution in [2.75, 3.05) is 13.7 Å². The van der Waals surface area contributed by atoms with E-state index >= 15 is 0 Å². The first kappa shape index (κ1) is 21.6. The van der Waals surface area contributed by atoms with Gasteiger partial charge in [-0.3, -0.25) is 4.79 Å². The van der Waals surface area contributed by atoms with Gasteiger partial charge < -0.3 is 34.3 Å². The van der Waals surface area contributed by atoms with Crippen LogP contribution in [-0.2, 0) is 20.7 Å². The number of aliphatic hydroxyl groups excluding tert-OH is 3. The van der Waals surface area contributed by atoms with Gasteiger partial charge in [0.05, 0.1) is 7.11 Å². The summed E-state index contributed by atoms with van der Waals surface area (Å²) in [5.41, 5.74) is 1.84. The molecule has 3 N–H and O–H groups in total. The van der Waals surface area contributed by atoms with Crippen molar-refractivity contribution in [3.63, 3.8) is 0 Å². The van der Waals surface area contributed by atoms with Crippen molar-refractivity contribution in [2.45, 2.75) is 50.4 Å². The summed E-state index contributed by atoms with van der Waals surface area (Å²) in [5, 5.41) is 30.8. The molecule has 1 aliphatic heterocycles. The average molecular weight is 433 g/mol. The number of ether oxygens (including phenoxy) is 4. The molecular formula is C23H28O8. The van der Waals surface area contributed by atoms with Crippen molar-refractivity contribution in [3.8, 4) is 11.5 Å². The van der Waals surface area contributed by atoms with Gasteiger partial charge >= 0.3 is 5.97 Å². The van der Waals surface area contributed by atoms with Crippen LogP contribution in [0.25, 0.3) is 0 Å². The molecule has 0 amide bonds. The van der Waals surface area contributed by atoms with Crippen LogP contribution >= 0.6 is 0 Å². The lowest BCUT2D eigenvalue weighted by Gasteiger charge is -2.40. The third-order valence-electron chi connectivity index (χ3n) is 5.05. The minimum atomic E-state index is -1.55. The molecule has 8 nitrogen and oxygen atoms in total. The average Bonchev–Trinajstić information content (AvgIpc) is 2.80. The van der Waals surface area contributed by atoms with E-state index in [9.17, 15) is 20.1 Å². The first-order valence-electron chi connectivity index (χ1n) is 10.7. The van der Waals surface area contributed by atoms with Gasteiger partial charge in [0.25, 0.3) is 0 Å². The number of aliphatic hydroxyl groups is 3. The van der Waals surface area contributed by atoms with Gasteiger partial charge in [-0.05, 0) is 29.3 Å². The molecule has 1 unspecified atom stereocenters. The monoisotopic (exact) mass is 433 g/mol. The Morgan fingerprint density at radius 3 is 2.52 bits per heavy atom. The molecule has 5 atom stereocenters. The summed E-state index contributed by atoms with van der Waals surface area (Å²) in [6.45, 7) is -0.456. The molecule has 1 fully saturated rings. The SMILES string of the molecule is [2H]CCC(=O)OC[C@H]1OC(Oc2ccccc2Cc2ccc(OC)cc2)[C@H](O)[C@@H](O)[C@@H]1O. The van der Waals surface area contributed by atoms with E-state index in [0.717, 1.165) is 16.9 Å². The highest BCUT2D eigenvalue weighted by Gasteiger charge is 2.45. The molecule has 1 aliphatic rings. The van der Waals surface area contributed by atoms with Crippen molar-refractivity contribution >= 4 is 5.97 Å². The summed E-state index contributed by atoms with van der Waals surface area (Å²) < 4.78 is 28.7. The summed E-state index contributed by atoms with van der Waals surface area (Å²) in [5.74, 6) is 0.582. The smallest absolute Gasteiger partial charge is 0.305 e. The Bertz CT molecular complexity index is 875. The first-order chi connectivity index (χ1) is 15.4. The van der Waals surface area contributed by atoms with E-state index in [1.807, 2.05) is 36.4 Å². The molecule has 0 saturated carbocycles. The van der Waals surface area contributed by atoms with Gasteiger partial charge in [-0.1, -0.05) is 37.2 Å². The summed E-state index contributed by atoms with van der Waals surface area (Å²) in [6.07, 6.45) is -6.47. The zero-order valence-electron chi connectivity index (χ0n) is 18.2. The third-order valence-corrected chi connectivity index (χ3v) is 5.05. The summed E-state index contributed by atoms with van der Waals surface area (Å²) in [6, 6.07) is 14.8. The second kappa shape index (κ2) is 10.6. The predicted molar refractivity (Wildman–Crippen MR) is 111 cm³/mol. The first-order valence-corrected chi connectivity index (χ1v) is 9.95. The molecule has 8 heteroatoms. The number of carbonyl (C=O) groups is 1. The van der Waals surface area contributed by atoms with Crippen molar-refractivity contribution in [1.82, 2.24) is 0 Å². The van der Waals surface area contributed by atoms with Crippen LogP contribution in [0.4, 0.5) is 0 Å². The second-order valence-corrected chi connectivity index (χ2v) is 7.20. The van der Waals surface area contributed by atoms with E-state index in [-0.39, 0.29) is 19.9 Å². The standard InChI is InChI=1S/C23H28O8/c1-3-19(24)29-13-18-20(25)21(26)22(27)23(31-18)30-17-7-5-4-6-15(17)12-14-8-10-16(28-2)11-9-14/h4-11,18,20-23,25-27H,3,12-13H2,1-2H3/t18-,20-,21+,22-,23?/m1/s1/i1D. The molecule has 2 aromatic carbocycles. The molecule has 1 heterocycles. The van der Waals surface area contributed by atoms with Gasteiger partial charge in [0.1, 0.15) is 42.5 Å². The lowest BCUT2D eigenvalue weighted by atomic mass is 9.99. The Labute approximate surface area is 182 Å². The van der Waals surface area contributed by atoms with Crippen molar-refractivity contribution in [1.29, 1.82) is 0 Å². The highest BCUT2D eigenvalue weighted by Crippen LogP contribution is 2.28. The van der Waals surface area contributed by atoms with Crippen molar-refractivity contribution in [2.24, 2.45) is 0 Å². The summed E-state index contributed by atoms with van der Waals surface area (Å²) in [7, 11) is 1.60. The highest BCUT2D eigenvalue weighted by molar-refractivity contribution is 5.68. The van der Waals surface area contributed by atoms with Crippen molar-refractivity contribution in [3.05, 3.63) is 59.7 Å². The number of esters is 1. The minimum absolute atomic E-state index is 0.0906. The molecule has 2 aromatic rings. The van der Waals surface area contributed by atoms with Crippen LogP contribution < -0.4 is 9.47 Å². The van der Waals surface area contributed by atoms with E-state index in [4.69, 9.17) is 20.3 Å². The van der Waals surface area contributed by atoms with E-state index in [1.54, 1.807) is 19.2 Å². The van der Waals surface area contributed by atoms with E-state index in [1.165, 1.54) is 0 Å². The Morgan fingerprint density at radius 1 is 1.06 bits per heavy atom. The third kappa shape index (κ3) is 5.74. The molecule has 0 radical (unpaired) electrons. The van der Waals surface area contributed by atoms with Gasteiger partial charge in [0, 0.05) is 14.2 Å². The zero-order chi connectivity index (χ0) is 23.1. The van der Waals surface area contributed by atoms with Gasteiger partial charge in [-0.25, -0.2) is 0 Å². The van der Waals surface area contributed by atoms with Crippen LogP contribution in [0.3, 0.4) is 0 Å². The number of carbonyl (C=O) groups excluding carboxylic acids is 1. The fourth-order valence-electron chi connectivity index (χ4n) is 3.25. The molecule has 3 rings (SSSR count). The van der Waals surface area contributed by atoms with Crippen LogP contribution in [0.5, 0.6) is 11.5 Å². The molecule has 168 valence electrons. The molecule has 0 aromatic heterocycles. The Balaban J connectivity index is 1.71. The number of methoxy groups -OCH3 is 1. The largest absolute Gasteiger partial charge is 0.497 e. The van der Waals surface area contributed by atoms with Gasteiger partial charge in [0.15, 0.2) is 0 Å². The summed E-state index contributed by atoms with van der Waals surface area (Å²) in [4.78, 5) is 11.5. The topological polar surface area (TPSA) is 115 Å². The molecule has 1 saturated heterocycles. The quantitative estimate of drug-likeness (QED) is 0.536. The number of benzene rings is 2. The van der Waals surface area contributed by atoms with Crippen LogP contribution in [0.1, 0.15) is 25.8 Å². The lowest BCUT2D eigenvalue weighted by Crippen LogP contribution is -2.60. The molecule has 0 bridgehead atoms. The van der Waals surface area contributed by atoms with E-state index < -0.39 is 36.7 Å². The Hall–Kier alpha value is -2.65. The van der Waals surface area contributed by atoms with E-state index in [0.29, 0.717) is 12.2 Å². The zero-order valence-corrected chi connectivity index (χ0v) is 17.2. The number of hydrogen-bond acceptors (Lipinski definition) is 8. The van der Waals surface area contributed by atoms with E-state index in [2.05, 4.69) is 0 Å². The van der Waals surface area contributed by atoms with Crippen LogP contribution in [0.15, 0.2) is 48.5 Å². The summed E-state index contributed by atoms with van der Waals surface area (Å²) >= 11 is 0. The highest BCUT2D eigenvalue weighted by atomic mass is 16.7. The Morgan fingerprint density at radius 2 is 1.81 bits per heavy atom. The number of rotatable bonds is 8. The molecular weight excluding hydrogens is 404 g/mol. The maximum Gasteiger partial charge on any atom is 0.305 e.